The molecule has 0 radical (unpaired) electrons. The Morgan fingerprint density at radius 2 is 2.28 bits per heavy atom. The van der Waals surface area contributed by atoms with Gasteiger partial charge in [-0.25, -0.2) is 0 Å². The van der Waals surface area contributed by atoms with Crippen molar-refractivity contribution in [1.29, 1.82) is 0 Å². The average Bonchev–Trinajstić information content (AvgIpc) is 2.33. The second-order valence-corrected chi connectivity index (χ2v) is 4.70. The zero-order valence-corrected chi connectivity index (χ0v) is 12.1. The van der Waals surface area contributed by atoms with Crippen LogP contribution in [0.15, 0.2) is 30.9 Å². The molecule has 0 amide bonds. The van der Waals surface area contributed by atoms with Gasteiger partial charge in [-0.2, -0.15) is 0 Å². The van der Waals surface area contributed by atoms with Gasteiger partial charge in [0.05, 0.1) is 21.7 Å². The van der Waals surface area contributed by atoms with Crippen LogP contribution in [0, 0.1) is 13.7 Å². The number of hydrogen-bond donors (Lipinski definition) is 1. The first-order valence-corrected chi connectivity index (χ1v) is 6.59. The number of hydrogen-bond acceptors (Lipinski definition) is 4. The number of nitrogens with one attached hydrogen (secondary N) is 1. The van der Waals surface area contributed by atoms with Gasteiger partial charge in [0.1, 0.15) is 0 Å². The first-order valence-electron chi connectivity index (χ1n) is 5.51. The summed E-state index contributed by atoms with van der Waals surface area (Å²) in [5, 5.41) is 13.8. The van der Waals surface area contributed by atoms with Crippen molar-refractivity contribution in [1.82, 2.24) is 0 Å². The number of nitro groups is 1. The first kappa shape index (κ1) is 14.9. The van der Waals surface area contributed by atoms with Crippen LogP contribution in [0.2, 0.25) is 0 Å². The normalized spacial score (nSPS) is 10.1. The molecule has 1 aromatic rings. The summed E-state index contributed by atoms with van der Waals surface area (Å²) in [5.41, 5.74) is 0.987. The molecule has 98 valence electrons. The van der Waals surface area contributed by atoms with Crippen molar-refractivity contribution in [3.05, 3.63) is 44.5 Å². The summed E-state index contributed by atoms with van der Waals surface area (Å²) in [5.74, 6) is 0. The van der Waals surface area contributed by atoms with Crippen LogP contribution in [-0.2, 0) is 4.74 Å². The molecule has 0 atom stereocenters. The minimum absolute atomic E-state index is 0.128. The lowest BCUT2D eigenvalue weighted by Crippen LogP contribution is -2.10. The number of anilines is 1. The molecule has 0 fully saturated rings. The fourth-order valence-electron chi connectivity index (χ4n) is 1.30. The predicted molar refractivity (Wildman–Crippen MR) is 79.9 cm³/mol. The zero-order chi connectivity index (χ0) is 13.4. The Labute approximate surface area is 120 Å². The molecule has 0 saturated heterocycles. The van der Waals surface area contributed by atoms with Crippen LogP contribution in [0.25, 0.3) is 0 Å². The summed E-state index contributed by atoms with van der Waals surface area (Å²) in [4.78, 5) is 10.3. The van der Waals surface area contributed by atoms with Crippen LogP contribution in [-0.4, -0.2) is 24.7 Å². The van der Waals surface area contributed by atoms with E-state index in [1.807, 2.05) is 28.7 Å². The number of benzene rings is 1. The molecule has 0 unspecified atom stereocenters. The molecular formula is C12H15IN2O3. The van der Waals surface area contributed by atoms with E-state index in [1.54, 1.807) is 12.1 Å². The highest BCUT2D eigenvalue weighted by atomic mass is 127. The van der Waals surface area contributed by atoms with Gasteiger partial charge < -0.3 is 10.1 Å². The van der Waals surface area contributed by atoms with E-state index in [1.165, 1.54) is 6.07 Å². The lowest BCUT2D eigenvalue weighted by atomic mass is 10.3. The van der Waals surface area contributed by atoms with E-state index in [0.29, 0.717) is 23.3 Å². The minimum Gasteiger partial charge on any atom is -0.383 e. The van der Waals surface area contributed by atoms with Crippen molar-refractivity contribution in [2.75, 3.05) is 25.1 Å². The van der Waals surface area contributed by atoms with Crippen molar-refractivity contribution in [3.63, 3.8) is 0 Å². The average molecular weight is 362 g/mol. The highest BCUT2D eigenvalue weighted by Crippen LogP contribution is 2.23. The smallest absolute Gasteiger partial charge is 0.282 e. The fraction of sp³-hybridized carbons (Fsp3) is 0.333. The predicted octanol–water partition coefficient (Wildman–Crippen LogP) is 3.20. The van der Waals surface area contributed by atoms with Gasteiger partial charge in [-0.3, -0.25) is 10.1 Å². The molecule has 0 aliphatic heterocycles. The van der Waals surface area contributed by atoms with E-state index in [9.17, 15) is 10.1 Å². The molecule has 1 rings (SSSR count). The molecule has 0 spiro atoms. The summed E-state index contributed by atoms with van der Waals surface area (Å²) < 4.78 is 5.96. The minimum atomic E-state index is -0.385. The zero-order valence-electron chi connectivity index (χ0n) is 9.89. The van der Waals surface area contributed by atoms with Crippen LogP contribution in [0.3, 0.4) is 0 Å². The monoisotopic (exact) mass is 362 g/mol. The van der Waals surface area contributed by atoms with E-state index in [0.717, 1.165) is 12.1 Å². The molecule has 18 heavy (non-hydrogen) atoms. The molecule has 1 N–H and O–H groups in total. The van der Waals surface area contributed by atoms with Crippen LogP contribution >= 0.6 is 22.6 Å². The van der Waals surface area contributed by atoms with Gasteiger partial charge in [-0.15, -0.1) is 6.58 Å². The molecular weight excluding hydrogens is 347 g/mol. The van der Waals surface area contributed by atoms with Gasteiger partial charge in [0.15, 0.2) is 0 Å². The van der Waals surface area contributed by atoms with Crippen molar-refractivity contribution < 1.29 is 9.66 Å². The van der Waals surface area contributed by atoms with E-state index >= 15 is 0 Å². The van der Waals surface area contributed by atoms with Gasteiger partial charge in [0.25, 0.3) is 5.69 Å². The number of nitrogens with zero attached hydrogens (tertiary/aromatic N) is 1. The fourth-order valence-corrected chi connectivity index (χ4v) is 2.01. The SMILES string of the molecule is C=CCCOCCNc1ccc([N+](=O)[O-])c(I)c1. The molecule has 0 saturated carbocycles. The first-order chi connectivity index (χ1) is 8.65. The quantitative estimate of drug-likeness (QED) is 0.254. The van der Waals surface area contributed by atoms with Gasteiger partial charge in [-0.1, -0.05) is 6.08 Å². The maximum absolute atomic E-state index is 10.6. The molecule has 0 aliphatic rings. The maximum Gasteiger partial charge on any atom is 0.282 e. The van der Waals surface area contributed by atoms with E-state index in [2.05, 4.69) is 11.9 Å². The van der Waals surface area contributed by atoms with E-state index < -0.39 is 0 Å². The number of nitro benzene ring substituents is 1. The van der Waals surface area contributed by atoms with Crippen molar-refractivity contribution in [3.8, 4) is 0 Å². The molecule has 0 heterocycles. The Bertz CT molecular complexity index is 424. The largest absolute Gasteiger partial charge is 0.383 e. The highest BCUT2D eigenvalue weighted by molar-refractivity contribution is 14.1. The Hall–Kier alpha value is -1.15. The Balaban J connectivity index is 2.37. The van der Waals surface area contributed by atoms with Crippen LogP contribution in [0.4, 0.5) is 11.4 Å². The van der Waals surface area contributed by atoms with Crippen molar-refractivity contribution >= 4 is 34.0 Å². The lowest BCUT2D eigenvalue weighted by molar-refractivity contribution is -0.385. The number of rotatable bonds is 8. The molecule has 0 bridgehead atoms. The molecule has 6 heteroatoms. The summed E-state index contributed by atoms with van der Waals surface area (Å²) in [7, 11) is 0. The number of ether oxygens (including phenoxy) is 1. The summed E-state index contributed by atoms with van der Waals surface area (Å²) in [6.07, 6.45) is 2.65. The van der Waals surface area contributed by atoms with Gasteiger partial charge in [0.2, 0.25) is 0 Å². The van der Waals surface area contributed by atoms with Gasteiger partial charge in [0, 0.05) is 18.3 Å². The molecule has 5 nitrogen and oxygen atoms in total. The molecule has 0 aliphatic carbocycles. The van der Waals surface area contributed by atoms with Crippen molar-refractivity contribution in [2.45, 2.75) is 6.42 Å². The second-order valence-electron chi connectivity index (χ2n) is 3.54. The standard InChI is InChI=1S/C12H15IN2O3/c1-2-3-7-18-8-6-14-10-4-5-12(15(16)17)11(13)9-10/h2,4-5,9,14H,1,3,6-8H2. The van der Waals surface area contributed by atoms with E-state index in [4.69, 9.17) is 4.74 Å². The van der Waals surface area contributed by atoms with Crippen LogP contribution in [0.5, 0.6) is 0 Å². The maximum atomic E-state index is 10.6. The summed E-state index contributed by atoms with van der Waals surface area (Å²) >= 11 is 1.96. The van der Waals surface area contributed by atoms with Crippen LogP contribution in [0.1, 0.15) is 6.42 Å². The third kappa shape index (κ3) is 5.01. The summed E-state index contributed by atoms with van der Waals surface area (Å²) in [6, 6.07) is 4.95. The highest BCUT2D eigenvalue weighted by Gasteiger charge is 2.10. The van der Waals surface area contributed by atoms with Crippen molar-refractivity contribution in [2.24, 2.45) is 0 Å². The Morgan fingerprint density at radius 3 is 2.89 bits per heavy atom. The van der Waals surface area contributed by atoms with Crippen LogP contribution < -0.4 is 5.32 Å². The second kappa shape index (κ2) is 8.04. The third-order valence-electron chi connectivity index (χ3n) is 2.19. The molecule has 1 aromatic carbocycles. The Kier molecular flexibility index (Phi) is 6.66. The molecule has 0 aromatic heterocycles. The lowest BCUT2D eigenvalue weighted by Gasteiger charge is -2.07. The van der Waals surface area contributed by atoms with Gasteiger partial charge >= 0.3 is 0 Å². The van der Waals surface area contributed by atoms with Gasteiger partial charge in [-0.05, 0) is 41.1 Å². The number of halogens is 1. The third-order valence-corrected chi connectivity index (χ3v) is 3.05. The van der Waals surface area contributed by atoms with E-state index in [-0.39, 0.29) is 10.6 Å². The topological polar surface area (TPSA) is 64.4 Å². The summed E-state index contributed by atoms with van der Waals surface area (Å²) in [6.45, 7) is 5.55. The Morgan fingerprint density at radius 1 is 1.50 bits per heavy atom.